The molecule has 3 aromatic rings. The normalized spacial score (nSPS) is 10.8. The standard InChI is InChI=1S/C21H20O5/c1-12-9-18(20-13(2)14(3)21(23)26-19(20)10-12)25-11-17(22)15-5-7-16(24-4)8-6-15/h5-10H,11H2,1-4H3. The summed E-state index contributed by atoms with van der Waals surface area (Å²) in [4.78, 5) is 24.3. The average Bonchev–Trinajstić information content (AvgIpc) is 2.63. The van der Waals surface area contributed by atoms with E-state index in [2.05, 4.69) is 0 Å². The van der Waals surface area contributed by atoms with Gasteiger partial charge in [0.1, 0.15) is 17.1 Å². The molecular weight excluding hydrogens is 332 g/mol. The van der Waals surface area contributed by atoms with Crippen molar-refractivity contribution >= 4 is 16.8 Å². The lowest BCUT2D eigenvalue weighted by Gasteiger charge is -2.12. The van der Waals surface area contributed by atoms with E-state index in [0.29, 0.717) is 28.2 Å². The second-order valence-corrected chi connectivity index (χ2v) is 6.22. The van der Waals surface area contributed by atoms with Gasteiger partial charge in [-0.2, -0.15) is 0 Å². The molecule has 1 heterocycles. The van der Waals surface area contributed by atoms with Crippen molar-refractivity contribution in [2.75, 3.05) is 13.7 Å². The van der Waals surface area contributed by atoms with Crippen LogP contribution in [-0.4, -0.2) is 19.5 Å². The summed E-state index contributed by atoms with van der Waals surface area (Å²) in [5.41, 5.74) is 2.86. The molecule has 2 aromatic carbocycles. The average molecular weight is 352 g/mol. The van der Waals surface area contributed by atoms with Crippen molar-refractivity contribution in [2.45, 2.75) is 20.8 Å². The maximum Gasteiger partial charge on any atom is 0.339 e. The van der Waals surface area contributed by atoms with Gasteiger partial charge in [0, 0.05) is 11.1 Å². The van der Waals surface area contributed by atoms with E-state index in [1.807, 2.05) is 19.9 Å². The molecule has 0 aliphatic carbocycles. The van der Waals surface area contributed by atoms with Crippen molar-refractivity contribution < 1.29 is 18.7 Å². The molecule has 26 heavy (non-hydrogen) atoms. The van der Waals surface area contributed by atoms with E-state index < -0.39 is 0 Å². The summed E-state index contributed by atoms with van der Waals surface area (Å²) in [6, 6.07) is 10.5. The van der Waals surface area contributed by atoms with Crippen LogP contribution in [0.15, 0.2) is 45.6 Å². The molecule has 5 nitrogen and oxygen atoms in total. The SMILES string of the molecule is COc1ccc(C(=O)COc2cc(C)cc3oc(=O)c(C)c(C)c23)cc1. The first-order valence-electron chi connectivity index (χ1n) is 8.25. The van der Waals surface area contributed by atoms with Gasteiger partial charge in [0.2, 0.25) is 0 Å². The third-order valence-corrected chi connectivity index (χ3v) is 4.43. The van der Waals surface area contributed by atoms with Gasteiger partial charge in [0.05, 0.1) is 12.5 Å². The van der Waals surface area contributed by atoms with Crippen LogP contribution in [-0.2, 0) is 0 Å². The van der Waals surface area contributed by atoms with E-state index in [1.54, 1.807) is 44.4 Å². The molecule has 0 saturated heterocycles. The summed E-state index contributed by atoms with van der Waals surface area (Å²) in [6.07, 6.45) is 0. The smallest absolute Gasteiger partial charge is 0.339 e. The Hall–Kier alpha value is -3.08. The van der Waals surface area contributed by atoms with Gasteiger partial charge in [-0.15, -0.1) is 0 Å². The zero-order valence-electron chi connectivity index (χ0n) is 15.2. The largest absolute Gasteiger partial charge is 0.497 e. The molecule has 0 saturated carbocycles. The number of hydrogen-bond acceptors (Lipinski definition) is 5. The minimum atomic E-state index is -0.360. The molecule has 1 aromatic heterocycles. The Balaban J connectivity index is 1.92. The van der Waals surface area contributed by atoms with Crippen molar-refractivity contribution in [3.63, 3.8) is 0 Å². The highest BCUT2D eigenvalue weighted by Crippen LogP contribution is 2.31. The number of carbonyl (C=O) groups excluding carboxylic acids is 1. The number of Topliss-reactive ketones (excluding diaryl/α,β-unsaturated/α-hetero) is 1. The molecule has 0 bridgehead atoms. The Bertz CT molecular complexity index is 1030. The Morgan fingerprint density at radius 1 is 1.04 bits per heavy atom. The topological polar surface area (TPSA) is 65.7 Å². The van der Waals surface area contributed by atoms with Crippen LogP contribution in [0, 0.1) is 20.8 Å². The van der Waals surface area contributed by atoms with Crippen LogP contribution < -0.4 is 15.1 Å². The Morgan fingerprint density at radius 3 is 2.38 bits per heavy atom. The highest BCUT2D eigenvalue weighted by Gasteiger charge is 2.15. The molecule has 3 rings (SSSR count). The van der Waals surface area contributed by atoms with Gasteiger partial charge in [0.15, 0.2) is 12.4 Å². The van der Waals surface area contributed by atoms with E-state index in [4.69, 9.17) is 13.9 Å². The third-order valence-electron chi connectivity index (χ3n) is 4.43. The maximum absolute atomic E-state index is 12.4. The van der Waals surface area contributed by atoms with Crippen molar-refractivity contribution in [3.05, 3.63) is 69.1 Å². The van der Waals surface area contributed by atoms with Crippen LogP contribution in [0.1, 0.15) is 27.0 Å². The highest BCUT2D eigenvalue weighted by molar-refractivity contribution is 5.97. The number of carbonyl (C=O) groups is 1. The molecule has 0 aliphatic rings. The van der Waals surface area contributed by atoms with Crippen LogP contribution >= 0.6 is 0 Å². The molecule has 134 valence electrons. The van der Waals surface area contributed by atoms with Crippen molar-refractivity contribution in [1.29, 1.82) is 0 Å². The number of rotatable bonds is 5. The van der Waals surface area contributed by atoms with Gasteiger partial charge in [-0.25, -0.2) is 4.79 Å². The number of ketones is 1. The Labute approximate surface area is 151 Å². The Morgan fingerprint density at radius 2 is 1.73 bits per heavy atom. The van der Waals surface area contributed by atoms with Gasteiger partial charge >= 0.3 is 5.63 Å². The first kappa shape index (κ1) is 17.7. The predicted octanol–water partition coefficient (Wildman–Crippen LogP) is 3.99. The first-order valence-corrected chi connectivity index (χ1v) is 8.25. The van der Waals surface area contributed by atoms with Gasteiger partial charge < -0.3 is 13.9 Å². The molecule has 0 spiro atoms. The number of benzene rings is 2. The van der Waals surface area contributed by atoms with Crippen LogP contribution in [0.5, 0.6) is 11.5 Å². The van der Waals surface area contributed by atoms with E-state index >= 15 is 0 Å². The van der Waals surface area contributed by atoms with E-state index in [-0.39, 0.29) is 18.0 Å². The number of ether oxygens (including phenoxy) is 2. The summed E-state index contributed by atoms with van der Waals surface area (Å²) in [5.74, 6) is 1.08. The van der Waals surface area contributed by atoms with Gasteiger partial charge in [-0.3, -0.25) is 4.79 Å². The van der Waals surface area contributed by atoms with Crippen molar-refractivity contribution in [2.24, 2.45) is 0 Å². The van der Waals surface area contributed by atoms with Crippen LogP contribution in [0.4, 0.5) is 0 Å². The minimum absolute atomic E-state index is 0.109. The highest BCUT2D eigenvalue weighted by atomic mass is 16.5. The van der Waals surface area contributed by atoms with Crippen molar-refractivity contribution in [3.8, 4) is 11.5 Å². The molecule has 5 heteroatoms. The zero-order valence-corrected chi connectivity index (χ0v) is 15.2. The summed E-state index contributed by atoms with van der Waals surface area (Å²) in [6.45, 7) is 5.34. The quantitative estimate of drug-likeness (QED) is 0.513. The molecular formula is C21H20O5. The molecule has 0 atom stereocenters. The molecule has 0 radical (unpaired) electrons. The van der Waals surface area contributed by atoms with Crippen LogP contribution in [0.25, 0.3) is 11.0 Å². The summed E-state index contributed by atoms with van der Waals surface area (Å²) >= 11 is 0. The van der Waals surface area contributed by atoms with E-state index in [0.717, 1.165) is 16.5 Å². The first-order chi connectivity index (χ1) is 12.4. The lowest BCUT2D eigenvalue weighted by atomic mass is 10.0. The summed E-state index contributed by atoms with van der Waals surface area (Å²) in [7, 11) is 1.57. The minimum Gasteiger partial charge on any atom is -0.497 e. The molecule has 0 N–H and O–H groups in total. The molecule has 0 aliphatic heterocycles. The van der Waals surface area contributed by atoms with Gasteiger partial charge in [-0.05, 0) is 68.3 Å². The fourth-order valence-electron chi connectivity index (χ4n) is 2.81. The van der Waals surface area contributed by atoms with Gasteiger partial charge in [-0.1, -0.05) is 0 Å². The van der Waals surface area contributed by atoms with Crippen LogP contribution in [0.2, 0.25) is 0 Å². The molecule has 0 amide bonds. The summed E-state index contributed by atoms with van der Waals surface area (Å²) in [5, 5.41) is 0.718. The number of methoxy groups -OCH3 is 1. The second kappa shape index (κ2) is 7.04. The molecule has 0 unspecified atom stereocenters. The lowest BCUT2D eigenvalue weighted by molar-refractivity contribution is 0.0922. The summed E-state index contributed by atoms with van der Waals surface area (Å²) < 4.78 is 16.3. The fraction of sp³-hybridized carbons (Fsp3) is 0.238. The van der Waals surface area contributed by atoms with Gasteiger partial charge in [0.25, 0.3) is 0 Å². The van der Waals surface area contributed by atoms with Crippen LogP contribution in [0.3, 0.4) is 0 Å². The number of hydrogen-bond donors (Lipinski definition) is 0. The van der Waals surface area contributed by atoms with Crippen molar-refractivity contribution in [1.82, 2.24) is 0 Å². The number of aryl methyl sites for hydroxylation is 2. The Kier molecular flexibility index (Phi) is 4.80. The zero-order chi connectivity index (χ0) is 18.8. The van der Waals surface area contributed by atoms with E-state index in [9.17, 15) is 9.59 Å². The van der Waals surface area contributed by atoms with E-state index in [1.165, 1.54) is 0 Å². The lowest BCUT2D eigenvalue weighted by Crippen LogP contribution is -2.13. The maximum atomic E-state index is 12.4. The third kappa shape index (κ3) is 3.33. The number of fused-ring (bicyclic) bond motifs is 1. The predicted molar refractivity (Wildman–Crippen MR) is 99.5 cm³/mol. The second-order valence-electron chi connectivity index (χ2n) is 6.22. The fourth-order valence-corrected chi connectivity index (χ4v) is 2.81. The monoisotopic (exact) mass is 352 g/mol. The molecule has 0 fully saturated rings.